The third-order valence-electron chi connectivity index (χ3n) is 4.84. The summed E-state index contributed by atoms with van der Waals surface area (Å²) in [5.41, 5.74) is 2.88. The van der Waals surface area contributed by atoms with Gasteiger partial charge in [0.05, 0.1) is 23.9 Å². The molecule has 1 aliphatic rings. The van der Waals surface area contributed by atoms with E-state index < -0.39 is 0 Å². The molecule has 0 spiro atoms. The van der Waals surface area contributed by atoms with E-state index in [1.807, 2.05) is 31.2 Å². The van der Waals surface area contributed by atoms with Crippen molar-refractivity contribution < 1.29 is 9.53 Å². The lowest BCUT2D eigenvalue weighted by Gasteiger charge is -2.21. The lowest BCUT2D eigenvalue weighted by molar-refractivity contribution is -0.137. The lowest BCUT2D eigenvalue weighted by Crippen LogP contribution is -2.27. The standard InChI is InChI=1S/C20H21N3O3S2/c1-12-5-4-6-13(9-12)23-19(25)17-14-7-8-22(2)10-15(14)28-18(17)21-20(23)27-11-16(24)26-3/h4-6,9H,7-8,10-11H2,1-3H3. The molecule has 4 rings (SSSR count). The molecule has 0 amide bonds. The highest BCUT2D eigenvalue weighted by Crippen LogP contribution is 2.34. The van der Waals surface area contributed by atoms with E-state index in [1.165, 1.54) is 23.7 Å². The molecular weight excluding hydrogens is 394 g/mol. The summed E-state index contributed by atoms with van der Waals surface area (Å²) in [7, 11) is 3.44. The highest BCUT2D eigenvalue weighted by molar-refractivity contribution is 7.99. The second kappa shape index (κ2) is 7.69. The molecule has 146 valence electrons. The zero-order valence-electron chi connectivity index (χ0n) is 16.0. The molecule has 0 bridgehead atoms. The number of carbonyl (C=O) groups excluding carboxylic acids is 1. The highest BCUT2D eigenvalue weighted by atomic mass is 32.2. The maximum atomic E-state index is 13.6. The van der Waals surface area contributed by atoms with Gasteiger partial charge in [0.15, 0.2) is 5.16 Å². The Morgan fingerprint density at radius 2 is 2.21 bits per heavy atom. The van der Waals surface area contributed by atoms with Crippen LogP contribution in [-0.4, -0.2) is 46.9 Å². The Morgan fingerprint density at radius 1 is 1.39 bits per heavy atom. The van der Waals surface area contributed by atoms with E-state index in [1.54, 1.807) is 15.9 Å². The van der Waals surface area contributed by atoms with Gasteiger partial charge in [-0.15, -0.1) is 11.3 Å². The minimum absolute atomic E-state index is 0.0648. The van der Waals surface area contributed by atoms with Gasteiger partial charge in [-0.1, -0.05) is 23.9 Å². The number of rotatable bonds is 4. The van der Waals surface area contributed by atoms with E-state index in [0.29, 0.717) is 5.16 Å². The van der Waals surface area contributed by atoms with Gasteiger partial charge < -0.3 is 9.64 Å². The van der Waals surface area contributed by atoms with Crippen molar-refractivity contribution >= 4 is 39.3 Å². The van der Waals surface area contributed by atoms with E-state index in [-0.39, 0.29) is 17.3 Å². The molecule has 2 aromatic heterocycles. The van der Waals surface area contributed by atoms with Crippen LogP contribution in [0.4, 0.5) is 0 Å². The van der Waals surface area contributed by atoms with Gasteiger partial charge in [-0.3, -0.25) is 14.2 Å². The van der Waals surface area contributed by atoms with Crippen LogP contribution in [0.5, 0.6) is 0 Å². The molecule has 0 N–H and O–H groups in total. The number of likely N-dealkylation sites (N-methyl/N-ethyl adjacent to an activating group) is 1. The molecule has 0 unspecified atom stereocenters. The second-order valence-electron chi connectivity index (χ2n) is 6.91. The fraction of sp³-hybridized carbons (Fsp3) is 0.350. The van der Waals surface area contributed by atoms with Gasteiger partial charge in [0.25, 0.3) is 5.56 Å². The maximum Gasteiger partial charge on any atom is 0.316 e. The van der Waals surface area contributed by atoms with Crippen LogP contribution >= 0.6 is 23.1 Å². The molecule has 28 heavy (non-hydrogen) atoms. The Hall–Kier alpha value is -2.16. The van der Waals surface area contributed by atoms with E-state index in [0.717, 1.165) is 46.5 Å². The van der Waals surface area contributed by atoms with Crippen LogP contribution in [0.2, 0.25) is 0 Å². The molecule has 3 aromatic rings. The lowest BCUT2D eigenvalue weighted by atomic mass is 10.1. The topological polar surface area (TPSA) is 64.4 Å². The number of fused-ring (bicyclic) bond motifs is 3. The van der Waals surface area contributed by atoms with E-state index in [9.17, 15) is 9.59 Å². The molecule has 0 saturated heterocycles. The van der Waals surface area contributed by atoms with Crippen molar-refractivity contribution in [1.29, 1.82) is 0 Å². The van der Waals surface area contributed by atoms with Crippen molar-refractivity contribution in [3.05, 3.63) is 50.6 Å². The molecule has 0 aliphatic carbocycles. The Bertz CT molecular complexity index is 1120. The molecule has 1 aliphatic heterocycles. The van der Waals surface area contributed by atoms with Crippen LogP contribution in [0.25, 0.3) is 15.9 Å². The summed E-state index contributed by atoms with van der Waals surface area (Å²) in [6, 6.07) is 7.78. The maximum absolute atomic E-state index is 13.6. The molecule has 0 saturated carbocycles. The van der Waals surface area contributed by atoms with Gasteiger partial charge in [0, 0.05) is 18.0 Å². The van der Waals surface area contributed by atoms with Crippen LogP contribution in [-0.2, 0) is 22.5 Å². The number of carbonyl (C=O) groups is 1. The summed E-state index contributed by atoms with van der Waals surface area (Å²) >= 11 is 2.81. The molecule has 0 radical (unpaired) electrons. The number of methoxy groups -OCH3 is 1. The Labute approximate surface area is 171 Å². The zero-order valence-corrected chi connectivity index (χ0v) is 17.7. The van der Waals surface area contributed by atoms with Gasteiger partial charge in [0.2, 0.25) is 0 Å². The number of nitrogens with zero attached hydrogens (tertiary/aromatic N) is 3. The predicted molar refractivity (Wildman–Crippen MR) is 113 cm³/mol. The third kappa shape index (κ3) is 3.47. The first-order valence-corrected chi connectivity index (χ1v) is 10.8. The molecule has 1 aromatic carbocycles. The first-order chi connectivity index (χ1) is 13.5. The SMILES string of the molecule is COC(=O)CSc1nc2sc3c(c2c(=O)n1-c1cccc(C)c1)CCN(C)C3. The van der Waals surface area contributed by atoms with Crippen molar-refractivity contribution in [3.63, 3.8) is 0 Å². The summed E-state index contributed by atoms with van der Waals surface area (Å²) in [5, 5.41) is 1.23. The van der Waals surface area contributed by atoms with Gasteiger partial charge in [-0.05, 0) is 43.7 Å². The van der Waals surface area contributed by atoms with Crippen molar-refractivity contribution in [2.45, 2.75) is 25.0 Å². The summed E-state index contributed by atoms with van der Waals surface area (Å²) < 4.78 is 6.39. The first kappa shape index (κ1) is 19.2. The van der Waals surface area contributed by atoms with Crippen molar-refractivity contribution in [1.82, 2.24) is 14.5 Å². The van der Waals surface area contributed by atoms with Crippen molar-refractivity contribution in [3.8, 4) is 5.69 Å². The summed E-state index contributed by atoms with van der Waals surface area (Å²) in [4.78, 5) is 34.3. The van der Waals surface area contributed by atoms with E-state index in [2.05, 4.69) is 11.9 Å². The van der Waals surface area contributed by atoms with Crippen molar-refractivity contribution in [2.24, 2.45) is 0 Å². The van der Waals surface area contributed by atoms with Crippen LogP contribution in [0.1, 0.15) is 16.0 Å². The number of hydrogen-bond donors (Lipinski definition) is 0. The Morgan fingerprint density at radius 3 is 2.96 bits per heavy atom. The quantitative estimate of drug-likeness (QED) is 0.371. The third-order valence-corrected chi connectivity index (χ3v) is 6.86. The minimum atomic E-state index is -0.345. The summed E-state index contributed by atoms with van der Waals surface area (Å²) in [6.07, 6.45) is 0.852. The van der Waals surface area contributed by atoms with Crippen molar-refractivity contribution in [2.75, 3.05) is 26.5 Å². The number of thioether (sulfide) groups is 1. The average molecular weight is 416 g/mol. The predicted octanol–water partition coefficient (Wildman–Crippen LogP) is 3.01. The number of esters is 1. The molecule has 6 nitrogen and oxygen atoms in total. The van der Waals surface area contributed by atoms with E-state index >= 15 is 0 Å². The van der Waals surface area contributed by atoms with Gasteiger partial charge >= 0.3 is 5.97 Å². The number of ether oxygens (including phenoxy) is 1. The van der Waals surface area contributed by atoms with Crippen LogP contribution < -0.4 is 5.56 Å². The summed E-state index contributed by atoms with van der Waals surface area (Å²) in [6.45, 7) is 3.76. The molecule has 0 fully saturated rings. The van der Waals surface area contributed by atoms with Gasteiger partial charge in [0.1, 0.15) is 4.83 Å². The molecule has 8 heteroatoms. The van der Waals surface area contributed by atoms with Gasteiger partial charge in [-0.2, -0.15) is 0 Å². The molecular formula is C20H21N3O3S2. The highest BCUT2D eigenvalue weighted by Gasteiger charge is 2.24. The molecule has 3 heterocycles. The Kier molecular flexibility index (Phi) is 5.27. The fourth-order valence-electron chi connectivity index (χ4n) is 3.43. The monoisotopic (exact) mass is 415 g/mol. The number of benzene rings is 1. The zero-order chi connectivity index (χ0) is 19.8. The molecule has 0 atom stereocenters. The summed E-state index contributed by atoms with van der Waals surface area (Å²) in [5.74, 6) is -0.240. The number of hydrogen-bond acceptors (Lipinski definition) is 7. The largest absolute Gasteiger partial charge is 0.468 e. The minimum Gasteiger partial charge on any atom is -0.468 e. The van der Waals surface area contributed by atoms with Gasteiger partial charge in [-0.25, -0.2) is 4.98 Å². The van der Waals surface area contributed by atoms with Crippen LogP contribution in [0.3, 0.4) is 0 Å². The number of aryl methyl sites for hydroxylation is 1. The average Bonchev–Trinajstić information content (AvgIpc) is 3.03. The number of aromatic nitrogens is 2. The second-order valence-corrected chi connectivity index (χ2v) is 8.94. The first-order valence-electron chi connectivity index (χ1n) is 9.00. The van der Waals surface area contributed by atoms with Crippen LogP contribution in [0, 0.1) is 6.92 Å². The Balaban J connectivity index is 1.93. The smallest absolute Gasteiger partial charge is 0.316 e. The fourth-order valence-corrected chi connectivity index (χ4v) is 5.61. The number of thiophene rings is 1. The van der Waals surface area contributed by atoms with Crippen LogP contribution in [0.15, 0.2) is 34.2 Å². The normalized spacial score (nSPS) is 14.2. The van der Waals surface area contributed by atoms with E-state index in [4.69, 9.17) is 9.72 Å².